The zero-order valence-corrected chi connectivity index (χ0v) is 22.7. The molecule has 8 nitrogen and oxygen atoms in total. The number of amides is 2. The molecule has 192 valence electrons. The highest BCUT2D eigenvalue weighted by Gasteiger charge is 2.37. The standard InChI is InChI=1S/C26H30BrN3O5S/c1-35-21-6-4-20(5-7-21)28-11-13-29(14-12-28)25(31)9-15-36(33,34)24-17-23-19(16-22(24)27)8-10-30(23)26(32)18-2-3-18/h4-7,16-18H,2-3,8-15H2,1H3. The minimum Gasteiger partial charge on any atom is -0.497 e. The Kier molecular flexibility index (Phi) is 7.00. The van der Waals surface area contributed by atoms with Crippen molar-refractivity contribution >= 4 is 49.0 Å². The number of rotatable bonds is 7. The van der Waals surface area contributed by atoms with Crippen LogP contribution in [0.3, 0.4) is 0 Å². The first-order chi connectivity index (χ1) is 17.3. The normalized spacial score (nSPS) is 17.8. The van der Waals surface area contributed by atoms with Crippen LogP contribution in [0.1, 0.15) is 24.8 Å². The Balaban J connectivity index is 1.20. The molecule has 3 aliphatic rings. The zero-order valence-electron chi connectivity index (χ0n) is 20.3. The molecule has 2 aromatic rings. The van der Waals surface area contributed by atoms with E-state index < -0.39 is 9.84 Å². The minimum atomic E-state index is -3.72. The third-order valence-electron chi connectivity index (χ3n) is 7.21. The second-order valence-electron chi connectivity index (χ2n) is 9.56. The second kappa shape index (κ2) is 10.0. The highest BCUT2D eigenvalue weighted by molar-refractivity contribution is 9.10. The van der Waals surface area contributed by atoms with Gasteiger partial charge in [-0.3, -0.25) is 9.59 Å². The van der Waals surface area contributed by atoms with Crippen LogP contribution >= 0.6 is 15.9 Å². The molecular weight excluding hydrogens is 546 g/mol. The number of piperazine rings is 1. The molecular formula is C26H30BrN3O5S. The van der Waals surface area contributed by atoms with E-state index in [2.05, 4.69) is 20.8 Å². The number of halogens is 1. The molecule has 5 rings (SSSR count). The molecule has 2 aliphatic heterocycles. The smallest absolute Gasteiger partial charge is 0.230 e. The summed E-state index contributed by atoms with van der Waals surface area (Å²) in [6.07, 6.45) is 2.46. The molecule has 0 aromatic heterocycles. The number of hydrogen-bond acceptors (Lipinski definition) is 6. The molecule has 1 saturated carbocycles. The fourth-order valence-corrected chi connectivity index (χ4v) is 7.34. The fourth-order valence-electron chi connectivity index (χ4n) is 4.90. The van der Waals surface area contributed by atoms with Gasteiger partial charge in [-0.05, 0) is 77.2 Å². The van der Waals surface area contributed by atoms with Gasteiger partial charge in [0.2, 0.25) is 11.8 Å². The molecule has 0 radical (unpaired) electrons. The summed E-state index contributed by atoms with van der Waals surface area (Å²) in [4.78, 5) is 31.3. The Bertz CT molecular complexity index is 1270. The van der Waals surface area contributed by atoms with Crippen LogP contribution in [0.5, 0.6) is 5.75 Å². The SMILES string of the molecule is COc1ccc(N2CCN(C(=O)CCS(=O)(=O)c3cc4c(cc3Br)CCN4C(=O)C3CC3)CC2)cc1. The van der Waals surface area contributed by atoms with Gasteiger partial charge in [0.1, 0.15) is 5.75 Å². The summed E-state index contributed by atoms with van der Waals surface area (Å²) < 4.78 is 32.2. The van der Waals surface area contributed by atoms with Gasteiger partial charge in [-0.2, -0.15) is 0 Å². The molecule has 1 aliphatic carbocycles. The molecule has 0 bridgehead atoms. The summed E-state index contributed by atoms with van der Waals surface area (Å²) in [5.74, 6) is 0.533. The van der Waals surface area contributed by atoms with Crippen molar-refractivity contribution in [3.63, 3.8) is 0 Å². The lowest BCUT2D eigenvalue weighted by molar-refractivity contribution is -0.131. The zero-order chi connectivity index (χ0) is 25.4. The fraction of sp³-hybridized carbons (Fsp3) is 0.462. The average molecular weight is 577 g/mol. The van der Waals surface area contributed by atoms with Gasteiger partial charge in [0.25, 0.3) is 0 Å². The first-order valence-electron chi connectivity index (χ1n) is 12.3. The van der Waals surface area contributed by atoms with Crippen LogP contribution in [-0.2, 0) is 25.8 Å². The second-order valence-corrected chi connectivity index (χ2v) is 12.5. The molecule has 0 N–H and O–H groups in total. The van der Waals surface area contributed by atoms with Crippen LogP contribution in [-0.4, -0.2) is 70.7 Å². The van der Waals surface area contributed by atoms with E-state index in [9.17, 15) is 18.0 Å². The summed E-state index contributed by atoms with van der Waals surface area (Å²) in [5.41, 5.74) is 2.73. The van der Waals surface area contributed by atoms with Crippen molar-refractivity contribution in [3.8, 4) is 5.75 Å². The third-order valence-corrected chi connectivity index (χ3v) is 9.88. The molecule has 36 heavy (non-hydrogen) atoms. The maximum atomic E-state index is 13.2. The van der Waals surface area contributed by atoms with Crippen molar-refractivity contribution in [1.82, 2.24) is 4.90 Å². The maximum Gasteiger partial charge on any atom is 0.230 e. The largest absolute Gasteiger partial charge is 0.497 e. The lowest BCUT2D eigenvalue weighted by atomic mass is 10.2. The number of carbonyl (C=O) groups excluding carboxylic acids is 2. The van der Waals surface area contributed by atoms with E-state index in [1.54, 1.807) is 23.0 Å². The number of fused-ring (bicyclic) bond motifs is 1. The van der Waals surface area contributed by atoms with E-state index in [4.69, 9.17) is 4.74 Å². The van der Waals surface area contributed by atoms with Crippen LogP contribution in [0.15, 0.2) is 45.8 Å². The van der Waals surface area contributed by atoms with Gasteiger partial charge in [-0.25, -0.2) is 8.42 Å². The molecule has 0 atom stereocenters. The average Bonchev–Trinajstić information content (AvgIpc) is 3.66. The van der Waals surface area contributed by atoms with Gasteiger partial charge >= 0.3 is 0 Å². The number of methoxy groups -OCH3 is 1. The van der Waals surface area contributed by atoms with Crippen molar-refractivity contribution in [1.29, 1.82) is 0 Å². The van der Waals surface area contributed by atoms with Gasteiger partial charge < -0.3 is 19.4 Å². The van der Waals surface area contributed by atoms with Crippen LogP contribution in [0.2, 0.25) is 0 Å². The Labute approximate surface area is 220 Å². The van der Waals surface area contributed by atoms with Gasteiger partial charge in [0, 0.05) is 60.9 Å². The number of carbonyl (C=O) groups is 2. The molecule has 2 amide bonds. The summed E-state index contributed by atoms with van der Waals surface area (Å²) in [6, 6.07) is 11.2. The molecule has 10 heteroatoms. The van der Waals surface area contributed by atoms with Crippen molar-refractivity contribution in [2.45, 2.75) is 30.6 Å². The Morgan fingerprint density at radius 3 is 2.36 bits per heavy atom. The van der Waals surface area contributed by atoms with E-state index in [0.717, 1.165) is 29.8 Å². The highest BCUT2D eigenvalue weighted by atomic mass is 79.9. The van der Waals surface area contributed by atoms with Crippen molar-refractivity contribution in [3.05, 3.63) is 46.4 Å². The van der Waals surface area contributed by atoms with E-state index in [1.807, 2.05) is 30.3 Å². The predicted octanol–water partition coefficient (Wildman–Crippen LogP) is 3.27. The summed E-state index contributed by atoms with van der Waals surface area (Å²) >= 11 is 3.41. The van der Waals surface area contributed by atoms with E-state index in [0.29, 0.717) is 49.3 Å². The molecule has 2 aromatic carbocycles. The van der Waals surface area contributed by atoms with Gasteiger partial charge in [-0.15, -0.1) is 0 Å². The van der Waals surface area contributed by atoms with Crippen molar-refractivity contribution < 1.29 is 22.7 Å². The van der Waals surface area contributed by atoms with Crippen molar-refractivity contribution in [2.75, 3.05) is 55.4 Å². The number of nitrogens with zero attached hydrogens (tertiary/aromatic N) is 3. The van der Waals surface area contributed by atoms with Gasteiger partial charge in [0.15, 0.2) is 9.84 Å². The van der Waals surface area contributed by atoms with E-state index in [-0.39, 0.29) is 34.8 Å². The predicted molar refractivity (Wildman–Crippen MR) is 141 cm³/mol. The quantitative estimate of drug-likeness (QED) is 0.503. The number of anilines is 2. The van der Waals surface area contributed by atoms with Crippen LogP contribution in [0.4, 0.5) is 11.4 Å². The Morgan fingerprint density at radius 1 is 1.03 bits per heavy atom. The monoisotopic (exact) mass is 575 g/mol. The number of sulfone groups is 1. The Morgan fingerprint density at radius 2 is 1.72 bits per heavy atom. The highest BCUT2D eigenvalue weighted by Crippen LogP contribution is 2.39. The summed E-state index contributed by atoms with van der Waals surface area (Å²) in [5, 5.41) is 0. The van der Waals surface area contributed by atoms with Gasteiger partial charge in [-0.1, -0.05) is 0 Å². The first kappa shape index (κ1) is 25.1. The molecule has 1 saturated heterocycles. The number of ether oxygens (including phenoxy) is 1. The molecule has 2 fully saturated rings. The molecule has 0 unspecified atom stereocenters. The van der Waals surface area contributed by atoms with Gasteiger partial charge in [0.05, 0.1) is 17.8 Å². The van der Waals surface area contributed by atoms with Crippen molar-refractivity contribution in [2.24, 2.45) is 5.92 Å². The Hall–Kier alpha value is -2.59. The van der Waals surface area contributed by atoms with Crippen LogP contribution in [0, 0.1) is 5.92 Å². The summed E-state index contributed by atoms with van der Waals surface area (Å²) in [7, 11) is -2.08. The number of benzene rings is 2. The number of hydrogen-bond donors (Lipinski definition) is 0. The summed E-state index contributed by atoms with van der Waals surface area (Å²) in [6.45, 7) is 3.05. The third kappa shape index (κ3) is 5.11. The lowest BCUT2D eigenvalue weighted by Crippen LogP contribution is -2.49. The topological polar surface area (TPSA) is 87.2 Å². The maximum absolute atomic E-state index is 13.2. The first-order valence-corrected chi connectivity index (χ1v) is 14.7. The van der Waals surface area contributed by atoms with E-state index >= 15 is 0 Å². The minimum absolute atomic E-state index is 0.0703. The molecule has 0 spiro atoms. The van der Waals surface area contributed by atoms with Crippen LogP contribution in [0.25, 0.3) is 0 Å². The molecule has 2 heterocycles. The van der Waals surface area contributed by atoms with E-state index in [1.165, 1.54) is 0 Å². The lowest BCUT2D eigenvalue weighted by Gasteiger charge is -2.36. The van der Waals surface area contributed by atoms with Crippen LogP contribution < -0.4 is 14.5 Å².